The van der Waals surface area contributed by atoms with Gasteiger partial charge in [-0.1, -0.05) is 58.0 Å². The SMILES string of the molecule is CC(C)CN(CC(C)C)c1ccc(-c2ccccc2-c2nnn[nH]2)cc1NC(=O)NC(C)C. The summed E-state index contributed by atoms with van der Waals surface area (Å²) in [6.07, 6.45) is 0. The summed E-state index contributed by atoms with van der Waals surface area (Å²) in [5.41, 5.74) is 4.64. The number of benzene rings is 2. The Morgan fingerprint density at radius 2 is 1.64 bits per heavy atom. The smallest absolute Gasteiger partial charge is 0.319 e. The third-order valence-electron chi connectivity index (χ3n) is 5.01. The van der Waals surface area contributed by atoms with E-state index < -0.39 is 0 Å². The van der Waals surface area contributed by atoms with E-state index in [1.807, 2.05) is 44.2 Å². The lowest BCUT2D eigenvalue weighted by atomic mass is 9.97. The quantitative estimate of drug-likeness (QED) is 0.418. The Balaban J connectivity index is 2.08. The van der Waals surface area contributed by atoms with Crippen LogP contribution in [0.3, 0.4) is 0 Å². The molecule has 8 heteroatoms. The molecule has 3 aromatic rings. The normalized spacial score (nSPS) is 11.3. The molecule has 0 saturated heterocycles. The maximum atomic E-state index is 12.7. The van der Waals surface area contributed by atoms with Gasteiger partial charge in [-0.25, -0.2) is 9.89 Å². The molecule has 2 aromatic carbocycles. The second-order valence-electron chi connectivity index (χ2n) is 9.47. The van der Waals surface area contributed by atoms with Crippen LogP contribution in [0.4, 0.5) is 16.2 Å². The van der Waals surface area contributed by atoms with Crippen molar-refractivity contribution in [1.29, 1.82) is 0 Å². The summed E-state index contributed by atoms with van der Waals surface area (Å²) in [7, 11) is 0. The predicted molar refractivity (Wildman–Crippen MR) is 134 cm³/mol. The number of carbonyl (C=O) groups excluding carboxylic acids is 1. The third kappa shape index (κ3) is 6.54. The molecule has 0 unspecified atom stereocenters. The molecule has 0 aliphatic rings. The van der Waals surface area contributed by atoms with Crippen molar-refractivity contribution >= 4 is 17.4 Å². The van der Waals surface area contributed by atoms with Gasteiger partial charge in [0.05, 0.1) is 11.4 Å². The molecule has 0 aliphatic heterocycles. The summed E-state index contributed by atoms with van der Waals surface area (Å²) < 4.78 is 0. The zero-order valence-corrected chi connectivity index (χ0v) is 20.4. The number of H-pyrrole nitrogens is 1. The van der Waals surface area contributed by atoms with Gasteiger partial charge in [-0.05, 0) is 59.4 Å². The number of aromatic nitrogens is 4. The first kappa shape index (κ1) is 24.2. The second-order valence-corrected chi connectivity index (χ2v) is 9.47. The molecule has 3 rings (SSSR count). The maximum absolute atomic E-state index is 12.7. The Morgan fingerprint density at radius 1 is 0.970 bits per heavy atom. The summed E-state index contributed by atoms with van der Waals surface area (Å²) in [4.78, 5) is 15.0. The van der Waals surface area contributed by atoms with E-state index in [-0.39, 0.29) is 12.1 Å². The van der Waals surface area contributed by atoms with Gasteiger partial charge in [-0.2, -0.15) is 0 Å². The topological polar surface area (TPSA) is 98.8 Å². The average Bonchev–Trinajstić information content (AvgIpc) is 3.26. The van der Waals surface area contributed by atoms with E-state index in [2.05, 4.69) is 76.0 Å². The predicted octanol–water partition coefficient (Wildman–Crippen LogP) is 5.18. The number of anilines is 2. The molecule has 3 N–H and O–H groups in total. The molecule has 176 valence electrons. The standard InChI is InChI=1S/C25H35N7O/c1-16(2)14-32(15-17(3)4)23-12-11-19(13-22(23)27-25(33)26-18(5)6)20-9-7-8-10-21(20)24-28-30-31-29-24/h7-13,16-18H,14-15H2,1-6H3,(H2,26,27,33)(H,28,29,30,31). The van der Waals surface area contributed by atoms with Crippen molar-refractivity contribution in [3.63, 3.8) is 0 Å². The molecular weight excluding hydrogens is 414 g/mol. The van der Waals surface area contributed by atoms with Crippen molar-refractivity contribution in [2.24, 2.45) is 11.8 Å². The number of rotatable bonds is 9. The first-order valence-electron chi connectivity index (χ1n) is 11.5. The van der Waals surface area contributed by atoms with Crippen molar-refractivity contribution in [2.45, 2.75) is 47.6 Å². The number of nitrogens with one attached hydrogen (secondary N) is 3. The van der Waals surface area contributed by atoms with Crippen molar-refractivity contribution in [3.8, 4) is 22.5 Å². The van der Waals surface area contributed by atoms with Crippen molar-refractivity contribution < 1.29 is 4.79 Å². The van der Waals surface area contributed by atoms with Crippen LogP contribution in [0.1, 0.15) is 41.5 Å². The fraction of sp³-hybridized carbons (Fsp3) is 0.440. The summed E-state index contributed by atoms with van der Waals surface area (Å²) in [5.74, 6) is 1.57. The summed E-state index contributed by atoms with van der Waals surface area (Å²) in [6, 6.07) is 14.0. The molecule has 0 spiro atoms. The van der Waals surface area contributed by atoms with Crippen molar-refractivity contribution in [3.05, 3.63) is 42.5 Å². The molecule has 2 amide bonds. The van der Waals surface area contributed by atoms with E-state index in [9.17, 15) is 4.79 Å². The lowest BCUT2D eigenvalue weighted by Gasteiger charge is -2.31. The van der Waals surface area contributed by atoms with E-state index in [0.29, 0.717) is 17.7 Å². The van der Waals surface area contributed by atoms with E-state index in [1.165, 1.54) is 0 Å². The Hall–Kier alpha value is -3.42. The van der Waals surface area contributed by atoms with Crippen LogP contribution in [0, 0.1) is 11.8 Å². The first-order chi connectivity index (χ1) is 15.7. The van der Waals surface area contributed by atoms with E-state index in [1.54, 1.807) is 0 Å². The minimum absolute atomic E-state index is 0.0405. The Labute approximate surface area is 196 Å². The van der Waals surface area contributed by atoms with Gasteiger partial charge < -0.3 is 15.5 Å². The molecule has 1 aromatic heterocycles. The van der Waals surface area contributed by atoms with Crippen LogP contribution >= 0.6 is 0 Å². The van der Waals surface area contributed by atoms with E-state index in [0.717, 1.165) is 41.2 Å². The fourth-order valence-corrected chi connectivity index (χ4v) is 3.87. The maximum Gasteiger partial charge on any atom is 0.319 e. The summed E-state index contributed by atoms with van der Waals surface area (Å²) >= 11 is 0. The van der Waals surface area contributed by atoms with Crippen LogP contribution in [-0.2, 0) is 0 Å². The Kier molecular flexibility index (Phi) is 8.03. The highest BCUT2D eigenvalue weighted by Gasteiger charge is 2.18. The highest BCUT2D eigenvalue weighted by atomic mass is 16.2. The molecule has 0 fully saturated rings. The molecule has 0 aliphatic carbocycles. The van der Waals surface area contributed by atoms with Gasteiger partial charge in [-0.3, -0.25) is 0 Å². The number of hydrogen-bond donors (Lipinski definition) is 3. The summed E-state index contributed by atoms with van der Waals surface area (Å²) in [6.45, 7) is 14.5. The number of tetrazole rings is 1. The molecule has 0 radical (unpaired) electrons. The van der Waals surface area contributed by atoms with Crippen LogP contribution in [0.15, 0.2) is 42.5 Å². The Bertz CT molecular complexity index is 1030. The number of carbonyl (C=O) groups is 1. The molecule has 0 atom stereocenters. The zero-order valence-electron chi connectivity index (χ0n) is 20.4. The minimum Gasteiger partial charge on any atom is -0.369 e. The monoisotopic (exact) mass is 449 g/mol. The molecule has 8 nitrogen and oxygen atoms in total. The van der Waals surface area contributed by atoms with Gasteiger partial charge in [-0.15, -0.1) is 5.10 Å². The Morgan fingerprint density at radius 3 is 2.21 bits per heavy atom. The van der Waals surface area contributed by atoms with Crippen molar-refractivity contribution in [2.75, 3.05) is 23.3 Å². The number of aromatic amines is 1. The lowest BCUT2D eigenvalue weighted by molar-refractivity contribution is 0.250. The average molecular weight is 450 g/mol. The molecular formula is C25H35N7O. The van der Waals surface area contributed by atoms with E-state index in [4.69, 9.17) is 0 Å². The highest BCUT2D eigenvalue weighted by molar-refractivity contribution is 5.95. The number of nitrogens with zero attached hydrogens (tertiary/aromatic N) is 4. The van der Waals surface area contributed by atoms with Gasteiger partial charge in [0.15, 0.2) is 5.82 Å². The van der Waals surface area contributed by atoms with E-state index >= 15 is 0 Å². The number of hydrogen-bond acceptors (Lipinski definition) is 5. The molecule has 0 bridgehead atoms. The summed E-state index contributed by atoms with van der Waals surface area (Å²) in [5, 5.41) is 20.4. The van der Waals surface area contributed by atoms with Crippen LogP contribution in [0.2, 0.25) is 0 Å². The second kappa shape index (κ2) is 10.9. The van der Waals surface area contributed by atoms with Gasteiger partial charge in [0.2, 0.25) is 0 Å². The van der Waals surface area contributed by atoms with Gasteiger partial charge in [0.25, 0.3) is 0 Å². The van der Waals surface area contributed by atoms with Crippen LogP contribution in [-0.4, -0.2) is 45.8 Å². The highest BCUT2D eigenvalue weighted by Crippen LogP contribution is 2.36. The fourth-order valence-electron chi connectivity index (χ4n) is 3.87. The largest absolute Gasteiger partial charge is 0.369 e. The molecule has 1 heterocycles. The third-order valence-corrected chi connectivity index (χ3v) is 5.01. The van der Waals surface area contributed by atoms with Crippen LogP contribution in [0.5, 0.6) is 0 Å². The van der Waals surface area contributed by atoms with Crippen LogP contribution < -0.4 is 15.5 Å². The van der Waals surface area contributed by atoms with Gasteiger partial charge in [0.1, 0.15) is 0 Å². The minimum atomic E-state index is -0.217. The van der Waals surface area contributed by atoms with Crippen molar-refractivity contribution in [1.82, 2.24) is 25.9 Å². The number of amides is 2. The lowest BCUT2D eigenvalue weighted by Crippen LogP contribution is -2.36. The number of urea groups is 1. The first-order valence-corrected chi connectivity index (χ1v) is 11.5. The zero-order chi connectivity index (χ0) is 24.0. The van der Waals surface area contributed by atoms with Gasteiger partial charge in [0, 0.05) is 24.7 Å². The molecule has 0 saturated carbocycles. The van der Waals surface area contributed by atoms with Gasteiger partial charge >= 0.3 is 6.03 Å². The van der Waals surface area contributed by atoms with Crippen LogP contribution in [0.25, 0.3) is 22.5 Å². The molecule has 33 heavy (non-hydrogen) atoms.